The number of carbonyl (C=O) groups excluding carboxylic acids is 1. The number of hydrogen-bond acceptors (Lipinski definition) is 2. The van der Waals surface area contributed by atoms with Crippen LogP contribution in [0.25, 0.3) is 6.08 Å². The van der Waals surface area contributed by atoms with Crippen molar-refractivity contribution in [2.45, 2.75) is 25.3 Å². The Labute approximate surface area is 156 Å². The number of benzene rings is 2. The van der Waals surface area contributed by atoms with Gasteiger partial charge in [0, 0.05) is 5.02 Å². The van der Waals surface area contributed by atoms with Crippen LogP contribution in [0.3, 0.4) is 0 Å². The van der Waals surface area contributed by atoms with Gasteiger partial charge in [0.15, 0.2) is 0 Å². The Kier molecular flexibility index (Phi) is 6.65. The van der Waals surface area contributed by atoms with Crippen LogP contribution in [0.15, 0.2) is 53.5 Å². The average Bonchev–Trinajstić information content (AvgIpc) is 2.58. The van der Waals surface area contributed by atoms with E-state index >= 15 is 0 Å². The molecule has 0 heterocycles. The molecule has 5 heteroatoms. The highest BCUT2D eigenvalue weighted by Gasteiger charge is 2.28. The lowest BCUT2D eigenvalue weighted by Gasteiger charge is -2.26. The molecule has 0 aliphatic carbocycles. The van der Waals surface area contributed by atoms with Gasteiger partial charge in [0.05, 0.1) is 10.0 Å². The van der Waals surface area contributed by atoms with Crippen molar-refractivity contribution >= 4 is 47.0 Å². The first-order chi connectivity index (χ1) is 11.5. The zero-order valence-corrected chi connectivity index (χ0v) is 15.4. The highest BCUT2D eigenvalue weighted by atomic mass is 35.5. The van der Waals surface area contributed by atoms with Crippen molar-refractivity contribution in [2.24, 2.45) is 4.99 Å². The first-order valence-electron chi connectivity index (χ1n) is 7.47. The predicted molar refractivity (Wildman–Crippen MR) is 102 cm³/mol. The van der Waals surface area contributed by atoms with Gasteiger partial charge in [-0.15, -0.1) is 0 Å². The maximum atomic E-state index is 11.0. The molecule has 0 aliphatic rings. The molecule has 0 aliphatic heterocycles. The van der Waals surface area contributed by atoms with Gasteiger partial charge >= 0.3 is 0 Å². The van der Waals surface area contributed by atoms with E-state index in [-0.39, 0.29) is 0 Å². The van der Waals surface area contributed by atoms with Gasteiger partial charge in [-0.1, -0.05) is 72.1 Å². The van der Waals surface area contributed by atoms with Crippen LogP contribution in [0.1, 0.15) is 30.9 Å². The Morgan fingerprint density at radius 3 is 2.38 bits per heavy atom. The lowest BCUT2D eigenvalue weighted by Crippen LogP contribution is -2.21. The maximum Gasteiger partial charge on any atom is 0.235 e. The Morgan fingerprint density at radius 2 is 1.79 bits per heavy atom. The minimum absolute atomic E-state index is 0.504. The van der Waals surface area contributed by atoms with E-state index in [0.717, 1.165) is 11.1 Å². The van der Waals surface area contributed by atoms with Crippen molar-refractivity contribution < 1.29 is 4.79 Å². The van der Waals surface area contributed by atoms with Crippen LogP contribution < -0.4 is 0 Å². The average molecular weight is 381 g/mol. The maximum absolute atomic E-state index is 11.0. The normalized spacial score (nSPS) is 13.5. The summed E-state index contributed by atoms with van der Waals surface area (Å²) in [5.74, 6) is 0. The molecule has 24 heavy (non-hydrogen) atoms. The Bertz CT molecular complexity index is 780. The summed E-state index contributed by atoms with van der Waals surface area (Å²) in [6.45, 7) is 1.99. The van der Waals surface area contributed by atoms with Gasteiger partial charge in [-0.3, -0.25) is 0 Å². The topological polar surface area (TPSA) is 29.4 Å². The predicted octanol–water partition coefficient (Wildman–Crippen LogP) is 6.69. The van der Waals surface area contributed by atoms with Crippen LogP contribution in [0, 0.1) is 0 Å². The van der Waals surface area contributed by atoms with Gasteiger partial charge in [-0.2, -0.15) is 4.99 Å². The summed E-state index contributed by atoms with van der Waals surface area (Å²) in [6.07, 6.45) is 6.83. The number of aliphatic imine (C=N–C) groups is 1. The van der Waals surface area contributed by atoms with E-state index in [2.05, 4.69) is 4.99 Å². The molecule has 0 aromatic heterocycles. The summed E-state index contributed by atoms with van der Waals surface area (Å²) >= 11 is 17.9. The first-order valence-corrected chi connectivity index (χ1v) is 8.61. The standard InChI is InChI=1S/C19H16Cl3NO/c1-2-19(23-13-24,15-6-8-16(20)9-7-15)11-3-4-14-5-10-17(21)18(22)12-14/h3-10,12H,2,11H2,1H3. The molecule has 124 valence electrons. The van der Waals surface area contributed by atoms with Gasteiger partial charge in [0.2, 0.25) is 6.08 Å². The molecular weight excluding hydrogens is 365 g/mol. The molecule has 1 unspecified atom stereocenters. The van der Waals surface area contributed by atoms with Crippen LogP contribution >= 0.6 is 34.8 Å². The summed E-state index contributed by atoms with van der Waals surface area (Å²) in [4.78, 5) is 15.1. The zero-order chi connectivity index (χ0) is 17.6. The number of isocyanates is 1. The second kappa shape index (κ2) is 8.50. The summed E-state index contributed by atoms with van der Waals surface area (Å²) in [5, 5.41) is 1.66. The van der Waals surface area contributed by atoms with Crippen molar-refractivity contribution in [3.05, 3.63) is 74.7 Å². The highest BCUT2D eigenvalue weighted by Crippen LogP contribution is 2.34. The third-order valence-corrected chi connectivity index (χ3v) is 4.93. The van der Waals surface area contributed by atoms with E-state index in [1.807, 2.05) is 37.3 Å². The molecule has 0 saturated carbocycles. The summed E-state index contributed by atoms with van der Waals surface area (Å²) in [7, 11) is 0. The molecule has 2 rings (SSSR count). The largest absolute Gasteiger partial charge is 0.235 e. The highest BCUT2D eigenvalue weighted by molar-refractivity contribution is 6.42. The lowest BCUT2D eigenvalue weighted by atomic mass is 9.84. The molecule has 0 N–H and O–H groups in total. The molecule has 0 saturated heterocycles. The first kappa shape index (κ1) is 18.8. The van der Waals surface area contributed by atoms with Crippen molar-refractivity contribution in [1.82, 2.24) is 0 Å². The SMILES string of the molecule is CCC(CC=Cc1ccc(Cl)c(Cl)c1)(N=C=O)c1ccc(Cl)cc1. The third kappa shape index (κ3) is 4.49. The molecule has 2 nitrogen and oxygen atoms in total. The van der Waals surface area contributed by atoms with Crippen LogP contribution in [-0.2, 0) is 10.3 Å². The van der Waals surface area contributed by atoms with Crippen molar-refractivity contribution in [3.8, 4) is 0 Å². The second-order valence-corrected chi connectivity index (χ2v) is 6.63. The lowest BCUT2D eigenvalue weighted by molar-refractivity contribution is 0.431. The smallest absolute Gasteiger partial charge is 0.211 e. The molecule has 0 bridgehead atoms. The van der Waals surface area contributed by atoms with Crippen molar-refractivity contribution in [1.29, 1.82) is 0 Å². The van der Waals surface area contributed by atoms with E-state index in [9.17, 15) is 4.79 Å². The minimum Gasteiger partial charge on any atom is -0.211 e. The van der Waals surface area contributed by atoms with E-state index in [1.54, 1.807) is 30.3 Å². The Hall–Kier alpha value is -1.57. The number of rotatable bonds is 6. The fraction of sp³-hybridized carbons (Fsp3) is 0.211. The van der Waals surface area contributed by atoms with Gasteiger partial charge in [-0.25, -0.2) is 4.79 Å². The number of nitrogens with zero attached hydrogens (tertiary/aromatic N) is 1. The van der Waals surface area contributed by atoms with Crippen LogP contribution in [0.4, 0.5) is 0 Å². The fourth-order valence-corrected chi connectivity index (χ4v) is 2.94. The molecule has 0 fully saturated rings. The second-order valence-electron chi connectivity index (χ2n) is 5.38. The molecule has 2 aromatic rings. The van der Waals surface area contributed by atoms with Gasteiger partial charge in [0.1, 0.15) is 5.54 Å². The fourth-order valence-electron chi connectivity index (χ4n) is 2.51. The molecule has 1 atom stereocenters. The number of hydrogen-bond donors (Lipinski definition) is 0. The minimum atomic E-state index is -0.654. The van der Waals surface area contributed by atoms with Crippen LogP contribution in [0.5, 0.6) is 0 Å². The zero-order valence-electron chi connectivity index (χ0n) is 13.1. The molecule has 0 spiro atoms. The Balaban J connectivity index is 2.28. The van der Waals surface area contributed by atoms with E-state index < -0.39 is 5.54 Å². The van der Waals surface area contributed by atoms with Gasteiger partial charge in [-0.05, 0) is 48.2 Å². The third-order valence-electron chi connectivity index (χ3n) is 3.94. The summed E-state index contributed by atoms with van der Waals surface area (Å²) < 4.78 is 0. The Morgan fingerprint density at radius 1 is 1.08 bits per heavy atom. The van der Waals surface area contributed by atoms with E-state index in [0.29, 0.717) is 27.9 Å². The molecule has 2 aromatic carbocycles. The quantitative estimate of drug-likeness (QED) is 0.405. The van der Waals surface area contributed by atoms with E-state index in [1.165, 1.54) is 0 Å². The van der Waals surface area contributed by atoms with E-state index in [4.69, 9.17) is 34.8 Å². The van der Waals surface area contributed by atoms with Crippen LogP contribution in [0.2, 0.25) is 15.1 Å². The van der Waals surface area contributed by atoms with Gasteiger partial charge < -0.3 is 0 Å². The monoisotopic (exact) mass is 379 g/mol. The summed E-state index contributed by atoms with van der Waals surface area (Å²) in [6, 6.07) is 12.8. The number of halogens is 3. The van der Waals surface area contributed by atoms with Crippen molar-refractivity contribution in [2.75, 3.05) is 0 Å². The molecule has 0 amide bonds. The van der Waals surface area contributed by atoms with Crippen LogP contribution in [-0.4, -0.2) is 6.08 Å². The summed E-state index contributed by atoms with van der Waals surface area (Å²) in [5.41, 5.74) is 1.20. The van der Waals surface area contributed by atoms with Crippen molar-refractivity contribution in [3.63, 3.8) is 0 Å². The molecular formula is C19H16Cl3NO. The molecule has 0 radical (unpaired) electrons. The van der Waals surface area contributed by atoms with Gasteiger partial charge in [0.25, 0.3) is 0 Å².